The third kappa shape index (κ3) is 2.68. The Labute approximate surface area is 66.9 Å². The second-order valence-electron chi connectivity index (χ2n) is 2.88. The summed E-state index contributed by atoms with van der Waals surface area (Å²) in [7, 11) is 0. The van der Waals surface area contributed by atoms with E-state index in [4.69, 9.17) is 5.11 Å². The highest BCUT2D eigenvalue weighted by Gasteiger charge is 1.98. The van der Waals surface area contributed by atoms with Crippen LogP contribution in [0.1, 0.15) is 18.2 Å². The lowest BCUT2D eigenvalue weighted by Crippen LogP contribution is -2.05. The molecule has 1 N–H and O–H groups in total. The van der Waals surface area contributed by atoms with Gasteiger partial charge in [-0.25, -0.2) is 0 Å². The maximum absolute atomic E-state index is 9.06. The van der Waals surface area contributed by atoms with Crippen LogP contribution in [0.15, 0.2) is 18.3 Å². The first-order chi connectivity index (χ1) is 5.18. The summed E-state index contributed by atoms with van der Waals surface area (Å²) in [5, 5.41) is 9.06. The van der Waals surface area contributed by atoms with Gasteiger partial charge in [0.1, 0.15) is 0 Å². The number of aliphatic hydroxyl groups excluding tert-OH is 1. The van der Waals surface area contributed by atoms with E-state index >= 15 is 0 Å². The maximum atomic E-state index is 9.06. The van der Waals surface area contributed by atoms with Crippen LogP contribution in [-0.4, -0.2) is 16.2 Å². The average molecular weight is 151 g/mol. The van der Waals surface area contributed by atoms with E-state index in [1.165, 1.54) is 5.56 Å². The van der Waals surface area contributed by atoms with Gasteiger partial charge < -0.3 is 5.11 Å². The van der Waals surface area contributed by atoms with Crippen molar-refractivity contribution in [2.75, 3.05) is 0 Å². The molecule has 0 saturated carbocycles. The van der Waals surface area contributed by atoms with Gasteiger partial charge in [0.05, 0.1) is 6.10 Å². The monoisotopic (exact) mass is 151 g/mol. The number of aromatic nitrogens is 1. The molecule has 1 atom stereocenters. The molecular weight excluding hydrogens is 138 g/mol. The molecule has 0 bridgehead atoms. The van der Waals surface area contributed by atoms with Gasteiger partial charge in [-0.05, 0) is 31.5 Å². The maximum Gasteiger partial charge on any atom is 0.0567 e. The number of rotatable bonds is 2. The zero-order chi connectivity index (χ0) is 8.27. The van der Waals surface area contributed by atoms with Crippen molar-refractivity contribution in [2.24, 2.45) is 0 Å². The van der Waals surface area contributed by atoms with Crippen LogP contribution in [0.3, 0.4) is 0 Å². The molecular formula is C9H13NO. The highest BCUT2D eigenvalue weighted by Crippen LogP contribution is 2.02. The summed E-state index contributed by atoms with van der Waals surface area (Å²) in [6, 6.07) is 3.94. The van der Waals surface area contributed by atoms with Gasteiger partial charge in [-0.2, -0.15) is 0 Å². The number of aliphatic hydroxyl groups is 1. The van der Waals surface area contributed by atoms with Crippen LogP contribution in [0.25, 0.3) is 0 Å². The number of pyridine rings is 1. The van der Waals surface area contributed by atoms with Crippen LogP contribution in [0.2, 0.25) is 0 Å². The Hall–Kier alpha value is -0.890. The van der Waals surface area contributed by atoms with Gasteiger partial charge in [0.2, 0.25) is 0 Å². The fraction of sp³-hybridized carbons (Fsp3) is 0.444. The summed E-state index contributed by atoms with van der Waals surface area (Å²) in [5.41, 5.74) is 2.15. The molecule has 0 radical (unpaired) electrons. The van der Waals surface area contributed by atoms with Crippen molar-refractivity contribution in [3.63, 3.8) is 0 Å². The van der Waals surface area contributed by atoms with E-state index in [0.717, 1.165) is 5.69 Å². The van der Waals surface area contributed by atoms with E-state index in [0.29, 0.717) is 6.42 Å². The summed E-state index contributed by atoms with van der Waals surface area (Å²) >= 11 is 0. The Balaban J connectivity index is 2.71. The molecule has 1 rings (SSSR count). The molecule has 0 aliphatic heterocycles. The van der Waals surface area contributed by atoms with E-state index < -0.39 is 0 Å². The van der Waals surface area contributed by atoms with Crippen molar-refractivity contribution in [3.8, 4) is 0 Å². The third-order valence-electron chi connectivity index (χ3n) is 1.48. The molecule has 0 aromatic carbocycles. The van der Waals surface area contributed by atoms with Crippen molar-refractivity contribution in [1.29, 1.82) is 0 Å². The minimum absolute atomic E-state index is 0.302. The zero-order valence-electron chi connectivity index (χ0n) is 6.91. The van der Waals surface area contributed by atoms with Gasteiger partial charge in [0, 0.05) is 18.3 Å². The Bertz CT molecular complexity index is 233. The first-order valence-corrected chi connectivity index (χ1v) is 3.78. The normalized spacial score (nSPS) is 13.0. The van der Waals surface area contributed by atoms with Crippen LogP contribution in [0.4, 0.5) is 0 Å². The Morgan fingerprint density at radius 2 is 2.36 bits per heavy atom. The topological polar surface area (TPSA) is 33.1 Å². The molecule has 1 aromatic rings. The molecule has 60 valence electrons. The predicted molar refractivity (Wildman–Crippen MR) is 44.4 cm³/mol. The van der Waals surface area contributed by atoms with Crippen LogP contribution in [0.5, 0.6) is 0 Å². The molecule has 1 unspecified atom stereocenters. The van der Waals surface area contributed by atoms with Gasteiger partial charge in [0.25, 0.3) is 0 Å². The van der Waals surface area contributed by atoms with Crippen molar-refractivity contribution in [2.45, 2.75) is 26.4 Å². The fourth-order valence-electron chi connectivity index (χ4n) is 1.01. The van der Waals surface area contributed by atoms with Crippen LogP contribution < -0.4 is 0 Å². The molecule has 0 fully saturated rings. The molecule has 2 nitrogen and oxygen atoms in total. The minimum atomic E-state index is -0.302. The van der Waals surface area contributed by atoms with Gasteiger partial charge in [-0.3, -0.25) is 4.98 Å². The van der Waals surface area contributed by atoms with Crippen LogP contribution >= 0.6 is 0 Å². The largest absolute Gasteiger partial charge is 0.393 e. The summed E-state index contributed by atoms with van der Waals surface area (Å²) in [4.78, 5) is 4.12. The fourth-order valence-corrected chi connectivity index (χ4v) is 1.01. The average Bonchev–Trinajstić information content (AvgIpc) is 1.85. The molecule has 0 spiro atoms. The van der Waals surface area contributed by atoms with Crippen LogP contribution in [-0.2, 0) is 6.42 Å². The van der Waals surface area contributed by atoms with E-state index in [9.17, 15) is 0 Å². The summed E-state index contributed by atoms with van der Waals surface area (Å²) in [5.74, 6) is 0. The van der Waals surface area contributed by atoms with Gasteiger partial charge in [-0.15, -0.1) is 0 Å². The van der Waals surface area contributed by atoms with E-state index in [-0.39, 0.29) is 6.10 Å². The highest BCUT2D eigenvalue weighted by molar-refractivity contribution is 5.14. The Morgan fingerprint density at radius 3 is 2.91 bits per heavy atom. The van der Waals surface area contributed by atoms with Gasteiger partial charge >= 0.3 is 0 Å². The molecule has 0 saturated heterocycles. The zero-order valence-corrected chi connectivity index (χ0v) is 6.91. The van der Waals surface area contributed by atoms with Crippen molar-refractivity contribution < 1.29 is 5.11 Å². The van der Waals surface area contributed by atoms with Gasteiger partial charge in [-0.1, -0.05) is 0 Å². The Morgan fingerprint density at radius 1 is 1.64 bits per heavy atom. The van der Waals surface area contributed by atoms with Crippen molar-refractivity contribution in [1.82, 2.24) is 4.98 Å². The smallest absolute Gasteiger partial charge is 0.0567 e. The number of hydrogen-bond donors (Lipinski definition) is 1. The Kier molecular flexibility index (Phi) is 2.60. The first kappa shape index (κ1) is 8.21. The standard InChI is InChI=1S/C9H13NO/c1-7-3-4-10-9(5-7)6-8(2)11/h3-5,8,11H,6H2,1-2H3. The number of nitrogens with zero attached hydrogens (tertiary/aromatic N) is 1. The summed E-state index contributed by atoms with van der Waals surface area (Å²) < 4.78 is 0. The molecule has 0 amide bonds. The van der Waals surface area contributed by atoms with Gasteiger partial charge in [0.15, 0.2) is 0 Å². The summed E-state index contributed by atoms with van der Waals surface area (Å²) in [6.07, 6.45) is 2.11. The lowest BCUT2D eigenvalue weighted by atomic mass is 10.1. The van der Waals surface area contributed by atoms with E-state index in [1.807, 2.05) is 19.1 Å². The molecule has 0 aliphatic carbocycles. The second kappa shape index (κ2) is 3.49. The van der Waals surface area contributed by atoms with Crippen molar-refractivity contribution >= 4 is 0 Å². The van der Waals surface area contributed by atoms with Crippen LogP contribution in [0, 0.1) is 6.92 Å². The molecule has 11 heavy (non-hydrogen) atoms. The predicted octanol–water partition coefficient (Wildman–Crippen LogP) is 1.31. The number of aryl methyl sites for hydroxylation is 1. The quantitative estimate of drug-likeness (QED) is 0.691. The minimum Gasteiger partial charge on any atom is -0.393 e. The summed E-state index contributed by atoms with van der Waals surface area (Å²) in [6.45, 7) is 3.79. The van der Waals surface area contributed by atoms with E-state index in [2.05, 4.69) is 4.98 Å². The van der Waals surface area contributed by atoms with Crippen molar-refractivity contribution in [3.05, 3.63) is 29.6 Å². The number of hydrogen-bond acceptors (Lipinski definition) is 2. The molecule has 1 heterocycles. The molecule has 2 heteroatoms. The van der Waals surface area contributed by atoms with E-state index in [1.54, 1.807) is 13.1 Å². The second-order valence-corrected chi connectivity index (χ2v) is 2.88. The lowest BCUT2D eigenvalue weighted by Gasteiger charge is -2.02. The lowest BCUT2D eigenvalue weighted by molar-refractivity contribution is 0.194. The SMILES string of the molecule is Cc1ccnc(CC(C)O)c1. The molecule has 0 aliphatic rings. The third-order valence-corrected chi connectivity index (χ3v) is 1.48. The molecule has 1 aromatic heterocycles. The highest BCUT2D eigenvalue weighted by atomic mass is 16.3. The first-order valence-electron chi connectivity index (χ1n) is 3.78.